The monoisotopic (exact) mass is 540 g/mol. The molecule has 1 unspecified atom stereocenters. The molecule has 0 spiro atoms. The molecule has 3 atom stereocenters. The van der Waals surface area contributed by atoms with Crippen molar-refractivity contribution in [3.8, 4) is 16.9 Å². The van der Waals surface area contributed by atoms with Crippen molar-refractivity contribution in [2.75, 3.05) is 49.1 Å². The lowest BCUT2D eigenvalue weighted by Gasteiger charge is -2.35. The number of rotatable bonds is 6. The van der Waals surface area contributed by atoms with E-state index >= 15 is 4.39 Å². The average molecular weight is 541 g/mol. The highest BCUT2D eigenvalue weighted by Crippen LogP contribution is 2.39. The van der Waals surface area contributed by atoms with Crippen molar-refractivity contribution in [1.82, 2.24) is 20.2 Å². The minimum Gasteiger partial charge on any atom is -0.508 e. The van der Waals surface area contributed by atoms with Gasteiger partial charge in [0.2, 0.25) is 5.95 Å². The standard InChI is InChI=1S/C32H37FN6O/c1-3-37(4-2)23-13-14-38(19-23)32-35-30-27(31(36-32)39-17-21-9-10-22(18-39)34-21)12-11-26(29(30)33)28-16-24(40)15-20-7-5-6-8-25(20)28/h5-8,11-12,15-16,21-23,34,40H,3-4,9-10,13-14,17-19H2,1-2H3/t21-,22+,23?. The van der Waals surface area contributed by atoms with Crippen molar-refractivity contribution in [2.24, 2.45) is 0 Å². The van der Waals surface area contributed by atoms with Gasteiger partial charge in [0.25, 0.3) is 0 Å². The van der Waals surface area contributed by atoms with Crippen LogP contribution in [-0.2, 0) is 0 Å². The molecule has 4 aromatic rings. The van der Waals surface area contributed by atoms with Gasteiger partial charge < -0.3 is 20.2 Å². The topological polar surface area (TPSA) is 67.8 Å². The first-order chi connectivity index (χ1) is 19.5. The molecule has 2 N–H and O–H groups in total. The maximum absolute atomic E-state index is 16.7. The molecule has 1 aromatic heterocycles. The first kappa shape index (κ1) is 25.5. The van der Waals surface area contributed by atoms with Gasteiger partial charge in [-0.25, -0.2) is 9.37 Å². The number of aromatic nitrogens is 2. The fourth-order valence-corrected chi connectivity index (χ4v) is 7.17. The van der Waals surface area contributed by atoms with Gasteiger partial charge in [-0.1, -0.05) is 44.2 Å². The number of phenols is 1. The fourth-order valence-electron chi connectivity index (χ4n) is 7.17. The van der Waals surface area contributed by atoms with Crippen LogP contribution in [0.2, 0.25) is 0 Å². The molecule has 7 nitrogen and oxygen atoms in total. The fraction of sp³-hybridized carbons (Fsp3) is 0.438. The number of anilines is 2. The number of likely N-dealkylation sites (N-methyl/N-ethyl adjacent to an activating group) is 1. The van der Waals surface area contributed by atoms with E-state index in [1.807, 2.05) is 36.4 Å². The largest absolute Gasteiger partial charge is 0.508 e. The van der Waals surface area contributed by atoms with Crippen LogP contribution in [0.1, 0.15) is 33.1 Å². The molecule has 0 saturated carbocycles. The highest BCUT2D eigenvalue weighted by atomic mass is 19.1. The van der Waals surface area contributed by atoms with Crippen LogP contribution < -0.4 is 15.1 Å². The molecule has 0 radical (unpaired) electrons. The van der Waals surface area contributed by atoms with E-state index in [1.54, 1.807) is 12.1 Å². The molecule has 3 aliphatic heterocycles. The summed E-state index contributed by atoms with van der Waals surface area (Å²) in [5.41, 5.74) is 1.46. The number of halogens is 1. The lowest BCUT2D eigenvalue weighted by Crippen LogP contribution is -2.51. The second kappa shape index (κ2) is 10.2. The number of hydrogen-bond acceptors (Lipinski definition) is 7. The highest BCUT2D eigenvalue weighted by molar-refractivity contribution is 6.01. The summed E-state index contributed by atoms with van der Waals surface area (Å²) in [4.78, 5) is 17.1. The van der Waals surface area contributed by atoms with Crippen molar-refractivity contribution in [3.63, 3.8) is 0 Å². The van der Waals surface area contributed by atoms with Crippen LogP contribution in [0.25, 0.3) is 32.8 Å². The van der Waals surface area contributed by atoms with E-state index in [0.29, 0.717) is 40.7 Å². The second-order valence-electron chi connectivity index (χ2n) is 11.5. The van der Waals surface area contributed by atoms with E-state index < -0.39 is 0 Å². The van der Waals surface area contributed by atoms with Crippen molar-refractivity contribution >= 4 is 33.4 Å². The van der Waals surface area contributed by atoms with Crippen LogP contribution in [0.4, 0.5) is 16.2 Å². The zero-order valence-corrected chi connectivity index (χ0v) is 23.3. The predicted octanol–water partition coefficient (Wildman–Crippen LogP) is 5.16. The van der Waals surface area contributed by atoms with Crippen LogP contribution in [0.15, 0.2) is 48.5 Å². The van der Waals surface area contributed by atoms with Gasteiger partial charge in [-0.2, -0.15) is 4.98 Å². The summed E-state index contributed by atoms with van der Waals surface area (Å²) >= 11 is 0. The van der Waals surface area contributed by atoms with Crippen molar-refractivity contribution < 1.29 is 9.50 Å². The number of nitrogens with one attached hydrogen (secondary N) is 1. The third-order valence-corrected chi connectivity index (χ3v) is 9.20. The average Bonchev–Trinajstić information content (AvgIpc) is 3.59. The van der Waals surface area contributed by atoms with E-state index in [2.05, 4.69) is 33.9 Å². The van der Waals surface area contributed by atoms with E-state index in [9.17, 15) is 5.11 Å². The van der Waals surface area contributed by atoms with Crippen molar-refractivity contribution in [1.29, 1.82) is 0 Å². The van der Waals surface area contributed by atoms with Gasteiger partial charge in [0.15, 0.2) is 5.82 Å². The van der Waals surface area contributed by atoms with Crippen molar-refractivity contribution in [2.45, 2.75) is 51.2 Å². The molecule has 4 heterocycles. The SMILES string of the molecule is CCN(CC)C1CCN(c2nc(N3C[C@H]4CC[C@@H](C3)N4)c3ccc(-c4cc(O)cc5ccccc45)c(F)c3n2)C1. The van der Waals surface area contributed by atoms with E-state index in [-0.39, 0.29) is 11.6 Å². The molecule has 3 aliphatic rings. The summed E-state index contributed by atoms with van der Waals surface area (Å²) in [7, 11) is 0. The first-order valence-corrected chi connectivity index (χ1v) is 14.7. The smallest absolute Gasteiger partial charge is 0.228 e. The second-order valence-corrected chi connectivity index (χ2v) is 11.5. The predicted molar refractivity (Wildman–Crippen MR) is 160 cm³/mol. The van der Waals surface area contributed by atoms with E-state index in [0.717, 1.165) is 80.5 Å². The summed E-state index contributed by atoms with van der Waals surface area (Å²) < 4.78 is 16.7. The van der Waals surface area contributed by atoms with Crippen LogP contribution in [-0.4, -0.2) is 77.4 Å². The van der Waals surface area contributed by atoms with Crippen LogP contribution in [0, 0.1) is 5.82 Å². The Bertz CT molecular complexity index is 1560. The number of piperazine rings is 1. The molecule has 40 heavy (non-hydrogen) atoms. The Labute approximate surface area is 234 Å². The normalized spacial score (nSPS) is 22.8. The van der Waals surface area contributed by atoms with E-state index in [4.69, 9.17) is 9.97 Å². The Hall–Kier alpha value is -3.49. The summed E-state index contributed by atoms with van der Waals surface area (Å²) in [6, 6.07) is 16.3. The first-order valence-electron chi connectivity index (χ1n) is 14.7. The maximum atomic E-state index is 16.7. The van der Waals surface area contributed by atoms with Gasteiger partial charge in [-0.15, -0.1) is 0 Å². The third-order valence-electron chi connectivity index (χ3n) is 9.20. The molecule has 0 amide bonds. The molecule has 0 aliphatic carbocycles. The Morgan fingerprint density at radius 2 is 1.68 bits per heavy atom. The van der Waals surface area contributed by atoms with E-state index in [1.165, 1.54) is 0 Å². The Morgan fingerprint density at radius 3 is 2.45 bits per heavy atom. The Morgan fingerprint density at radius 1 is 0.900 bits per heavy atom. The van der Waals surface area contributed by atoms with Gasteiger partial charge in [-0.3, -0.25) is 4.90 Å². The van der Waals surface area contributed by atoms with Gasteiger partial charge in [0, 0.05) is 55.3 Å². The number of aromatic hydroxyl groups is 1. The Balaban J connectivity index is 1.37. The summed E-state index contributed by atoms with van der Waals surface area (Å²) in [6.07, 6.45) is 3.38. The summed E-state index contributed by atoms with van der Waals surface area (Å²) in [5.74, 6) is 1.19. The zero-order valence-electron chi connectivity index (χ0n) is 23.3. The minimum atomic E-state index is -0.365. The van der Waals surface area contributed by atoms with Gasteiger partial charge in [0.05, 0.1) is 0 Å². The minimum absolute atomic E-state index is 0.119. The molecule has 2 bridgehead atoms. The number of fused-ring (bicyclic) bond motifs is 4. The molecule has 7 rings (SSSR count). The van der Waals surface area contributed by atoms with Crippen LogP contribution in [0.3, 0.4) is 0 Å². The van der Waals surface area contributed by atoms with Crippen molar-refractivity contribution in [3.05, 3.63) is 54.3 Å². The molecule has 3 fully saturated rings. The highest BCUT2D eigenvalue weighted by Gasteiger charge is 2.35. The Kier molecular flexibility index (Phi) is 6.47. The third kappa shape index (κ3) is 4.34. The molecular formula is C32H37FN6O. The number of benzene rings is 3. The summed E-state index contributed by atoms with van der Waals surface area (Å²) in [5, 5.41) is 16.7. The quantitative estimate of drug-likeness (QED) is 0.350. The zero-order chi connectivity index (χ0) is 27.4. The summed E-state index contributed by atoms with van der Waals surface area (Å²) in [6.45, 7) is 9.87. The van der Waals surface area contributed by atoms with Crippen LogP contribution in [0.5, 0.6) is 5.75 Å². The lowest BCUT2D eigenvalue weighted by atomic mass is 9.96. The van der Waals surface area contributed by atoms with Gasteiger partial charge in [-0.05, 0) is 66.9 Å². The van der Waals surface area contributed by atoms with Gasteiger partial charge in [0.1, 0.15) is 17.1 Å². The molecule has 208 valence electrons. The number of hydrogen-bond donors (Lipinski definition) is 2. The van der Waals surface area contributed by atoms with Crippen LogP contribution >= 0.6 is 0 Å². The molecule has 8 heteroatoms. The maximum Gasteiger partial charge on any atom is 0.228 e. The number of nitrogens with zero attached hydrogens (tertiary/aromatic N) is 5. The van der Waals surface area contributed by atoms with Gasteiger partial charge >= 0.3 is 0 Å². The molecule has 3 saturated heterocycles. The molecular weight excluding hydrogens is 503 g/mol. The lowest BCUT2D eigenvalue weighted by molar-refractivity contribution is 0.232. The number of phenolic OH excluding ortho intramolecular Hbond substituents is 1. The molecule has 3 aromatic carbocycles.